The summed E-state index contributed by atoms with van der Waals surface area (Å²) in [7, 11) is 0. The van der Waals surface area contributed by atoms with Gasteiger partial charge >= 0.3 is 0 Å². The normalized spacial score (nSPS) is 24.0. The lowest BCUT2D eigenvalue weighted by molar-refractivity contribution is -0.134. The third kappa shape index (κ3) is 4.00. The Balaban J connectivity index is 1.53. The summed E-state index contributed by atoms with van der Waals surface area (Å²) in [5, 5.41) is 14.4. The molecule has 2 aliphatic rings. The van der Waals surface area contributed by atoms with Gasteiger partial charge in [-0.1, -0.05) is 42.5 Å². The molecule has 1 saturated carbocycles. The Kier molecular flexibility index (Phi) is 5.83. The number of benzene rings is 2. The topological polar surface area (TPSA) is 87.7 Å². The maximum absolute atomic E-state index is 13.5. The highest BCUT2D eigenvalue weighted by Crippen LogP contribution is 2.37. The molecule has 0 radical (unpaired) electrons. The van der Waals surface area contributed by atoms with Crippen molar-refractivity contribution >= 4 is 22.6 Å². The van der Waals surface area contributed by atoms with Gasteiger partial charge in [-0.25, -0.2) is 5.48 Å². The summed E-state index contributed by atoms with van der Waals surface area (Å²) in [5.74, 6) is -0.441. The van der Waals surface area contributed by atoms with E-state index in [0.717, 1.165) is 23.8 Å². The minimum absolute atomic E-state index is 0.0606. The lowest BCUT2D eigenvalue weighted by Crippen LogP contribution is -2.51. The second kappa shape index (κ2) is 8.51. The van der Waals surface area contributed by atoms with Gasteiger partial charge in [-0.15, -0.1) is 0 Å². The van der Waals surface area contributed by atoms with Crippen molar-refractivity contribution in [1.29, 1.82) is 0 Å². The van der Waals surface area contributed by atoms with Gasteiger partial charge in [0.05, 0.1) is 5.41 Å². The predicted octanol–water partition coefficient (Wildman–Crippen LogP) is 3.07. The van der Waals surface area contributed by atoms with Crippen molar-refractivity contribution in [3.05, 3.63) is 48.0 Å². The largest absolute Gasteiger partial charge is 0.381 e. The second-order valence-electron chi connectivity index (χ2n) is 8.25. The zero-order chi connectivity index (χ0) is 20.3. The molecule has 1 saturated heterocycles. The number of ether oxygens (including phenoxy) is 1. The van der Waals surface area contributed by atoms with Crippen molar-refractivity contribution in [3.8, 4) is 0 Å². The molecule has 3 N–H and O–H groups in total. The van der Waals surface area contributed by atoms with E-state index in [1.54, 1.807) is 5.48 Å². The summed E-state index contributed by atoms with van der Waals surface area (Å²) in [6.45, 7) is 1.15. The van der Waals surface area contributed by atoms with Crippen LogP contribution in [0.2, 0.25) is 0 Å². The first-order chi connectivity index (χ1) is 14.1. The van der Waals surface area contributed by atoms with E-state index in [4.69, 9.17) is 9.94 Å². The molecule has 6 nitrogen and oxygen atoms in total. The van der Waals surface area contributed by atoms with Gasteiger partial charge in [0.15, 0.2) is 0 Å². The van der Waals surface area contributed by atoms with Crippen molar-refractivity contribution < 1.29 is 19.5 Å². The highest BCUT2D eigenvalue weighted by molar-refractivity contribution is 5.91. The minimum atomic E-state index is -0.582. The number of rotatable bonds is 4. The number of nitrogens with one attached hydrogen (secondary N) is 2. The summed E-state index contributed by atoms with van der Waals surface area (Å²) in [6, 6.07) is 14.6. The average molecular weight is 396 g/mol. The Labute approximate surface area is 170 Å². The fourth-order valence-electron chi connectivity index (χ4n) is 4.77. The van der Waals surface area contributed by atoms with Crippen LogP contribution < -0.4 is 10.8 Å². The maximum atomic E-state index is 13.5. The van der Waals surface area contributed by atoms with Crippen LogP contribution in [0.3, 0.4) is 0 Å². The van der Waals surface area contributed by atoms with E-state index in [2.05, 4.69) is 35.6 Å². The lowest BCUT2D eigenvalue weighted by Gasteiger charge is -2.38. The van der Waals surface area contributed by atoms with Crippen molar-refractivity contribution in [2.24, 2.45) is 5.92 Å². The second-order valence-corrected chi connectivity index (χ2v) is 8.25. The molecule has 2 amide bonds. The lowest BCUT2D eigenvalue weighted by atomic mass is 9.72. The standard InChI is InChI=1S/C23H28N2O4/c26-21(25-28)17-6-9-20(10-7-17)24-22(27)23(11-13-29-14-12-23)19-8-5-16-3-1-2-4-18(16)15-19/h1-5,8,15,17,20,28H,6-7,9-14H2,(H,24,27)(H,25,26). The van der Waals surface area contributed by atoms with E-state index in [-0.39, 0.29) is 23.8 Å². The Morgan fingerprint density at radius 3 is 2.34 bits per heavy atom. The van der Waals surface area contributed by atoms with Gasteiger partial charge in [0.2, 0.25) is 11.8 Å². The Morgan fingerprint density at radius 1 is 0.966 bits per heavy atom. The van der Waals surface area contributed by atoms with E-state index in [1.807, 2.05) is 12.1 Å². The van der Waals surface area contributed by atoms with Crippen LogP contribution in [0.5, 0.6) is 0 Å². The molecule has 4 rings (SSSR count). The molecule has 2 aromatic rings. The molecular formula is C23H28N2O4. The first kappa shape index (κ1) is 19.9. The van der Waals surface area contributed by atoms with Crippen LogP contribution >= 0.6 is 0 Å². The molecule has 154 valence electrons. The van der Waals surface area contributed by atoms with Crippen LogP contribution in [0, 0.1) is 5.92 Å². The van der Waals surface area contributed by atoms with E-state index in [1.165, 1.54) is 5.39 Å². The molecule has 0 aromatic heterocycles. The number of hydrogen-bond donors (Lipinski definition) is 3. The molecule has 6 heteroatoms. The minimum Gasteiger partial charge on any atom is -0.381 e. The Morgan fingerprint density at radius 2 is 1.66 bits per heavy atom. The molecule has 0 spiro atoms. The van der Waals surface area contributed by atoms with E-state index in [9.17, 15) is 9.59 Å². The van der Waals surface area contributed by atoms with Crippen molar-refractivity contribution in [2.45, 2.75) is 50.0 Å². The smallest absolute Gasteiger partial charge is 0.246 e. The van der Waals surface area contributed by atoms with E-state index < -0.39 is 5.41 Å². The number of hydroxylamine groups is 1. The van der Waals surface area contributed by atoms with Crippen LogP contribution in [-0.4, -0.2) is 36.3 Å². The first-order valence-corrected chi connectivity index (χ1v) is 10.4. The summed E-state index contributed by atoms with van der Waals surface area (Å²) in [5.41, 5.74) is 2.21. The zero-order valence-corrected chi connectivity index (χ0v) is 16.5. The zero-order valence-electron chi connectivity index (χ0n) is 16.5. The molecule has 1 heterocycles. The molecule has 1 aliphatic carbocycles. The molecule has 0 atom stereocenters. The van der Waals surface area contributed by atoms with Gasteiger partial charge in [-0.3, -0.25) is 14.8 Å². The Hall–Kier alpha value is -2.44. The van der Waals surface area contributed by atoms with Crippen molar-refractivity contribution in [2.75, 3.05) is 13.2 Å². The predicted molar refractivity (Wildman–Crippen MR) is 109 cm³/mol. The molecular weight excluding hydrogens is 368 g/mol. The summed E-state index contributed by atoms with van der Waals surface area (Å²) in [4.78, 5) is 25.1. The molecule has 29 heavy (non-hydrogen) atoms. The fourth-order valence-corrected chi connectivity index (χ4v) is 4.77. The van der Waals surface area contributed by atoms with Crippen LogP contribution in [0.25, 0.3) is 10.8 Å². The summed E-state index contributed by atoms with van der Waals surface area (Å²) in [6.07, 6.45) is 4.16. The monoisotopic (exact) mass is 396 g/mol. The van der Waals surface area contributed by atoms with E-state index in [0.29, 0.717) is 38.9 Å². The number of fused-ring (bicyclic) bond motifs is 1. The van der Waals surface area contributed by atoms with E-state index >= 15 is 0 Å². The molecule has 2 fully saturated rings. The third-order valence-corrected chi connectivity index (χ3v) is 6.63. The van der Waals surface area contributed by atoms with Crippen LogP contribution in [0.1, 0.15) is 44.1 Å². The molecule has 2 aromatic carbocycles. The molecule has 0 bridgehead atoms. The van der Waals surface area contributed by atoms with Gasteiger partial charge in [-0.2, -0.15) is 0 Å². The SMILES string of the molecule is O=C(NO)C1CCC(NC(=O)C2(c3ccc4ccccc4c3)CCOCC2)CC1. The van der Waals surface area contributed by atoms with Gasteiger partial charge in [0.25, 0.3) is 0 Å². The van der Waals surface area contributed by atoms with Crippen LogP contribution in [-0.2, 0) is 19.7 Å². The fraction of sp³-hybridized carbons (Fsp3) is 0.478. The van der Waals surface area contributed by atoms with Gasteiger partial charge in [0, 0.05) is 25.2 Å². The number of hydrogen-bond acceptors (Lipinski definition) is 4. The number of carbonyl (C=O) groups excluding carboxylic acids is 2. The first-order valence-electron chi connectivity index (χ1n) is 10.4. The highest BCUT2D eigenvalue weighted by atomic mass is 16.5. The summed E-state index contributed by atoms with van der Waals surface area (Å²) < 4.78 is 5.58. The Bertz CT molecular complexity index is 883. The maximum Gasteiger partial charge on any atom is 0.246 e. The van der Waals surface area contributed by atoms with Gasteiger partial charge in [0.1, 0.15) is 0 Å². The number of carbonyl (C=O) groups is 2. The average Bonchev–Trinajstić information content (AvgIpc) is 2.79. The van der Waals surface area contributed by atoms with Gasteiger partial charge < -0.3 is 10.1 Å². The highest BCUT2D eigenvalue weighted by Gasteiger charge is 2.42. The van der Waals surface area contributed by atoms with Crippen molar-refractivity contribution in [3.63, 3.8) is 0 Å². The van der Waals surface area contributed by atoms with Crippen LogP contribution in [0.15, 0.2) is 42.5 Å². The summed E-state index contributed by atoms with van der Waals surface area (Å²) >= 11 is 0. The third-order valence-electron chi connectivity index (χ3n) is 6.63. The quantitative estimate of drug-likeness (QED) is 0.547. The van der Waals surface area contributed by atoms with Crippen molar-refractivity contribution in [1.82, 2.24) is 10.8 Å². The van der Waals surface area contributed by atoms with Gasteiger partial charge in [-0.05, 0) is 54.9 Å². The number of amides is 2. The molecule has 1 aliphatic heterocycles. The van der Waals surface area contributed by atoms with Crippen LogP contribution in [0.4, 0.5) is 0 Å². The molecule has 0 unspecified atom stereocenters.